The van der Waals surface area contributed by atoms with Gasteiger partial charge in [0, 0.05) is 20.2 Å². The summed E-state index contributed by atoms with van der Waals surface area (Å²) >= 11 is 0. The third-order valence-corrected chi connectivity index (χ3v) is 3.99. The van der Waals surface area contributed by atoms with Crippen LogP contribution in [0.3, 0.4) is 0 Å². The highest BCUT2D eigenvalue weighted by Gasteiger charge is 2.31. The second-order valence-corrected chi connectivity index (χ2v) is 6.55. The highest BCUT2D eigenvalue weighted by molar-refractivity contribution is 5.93. The zero-order valence-electron chi connectivity index (χ0n) is 15.6. The Morgan fingerprint density at radius 1 is 1.26 bits per heavy atom. The second kappa shape index (κ2) is 9.38. The van der Waals surface area contributed by atoms with E-state index in [-0.39, 0.29) is 43.4 Å². The van der Waals surface area contributed by atoms with Gasteiger partial charge < -0.3 is 19.5 Å². The molecule has 1 heterocycles. The lowest BCUT2D eigenvalue weighted by Crippen LogP contribution is -2.48. The Kier molecular flexibility index (Phi) is 7.46. The van der Waals surface area contributed by atoms with Crippen molar-refractivity contribution >= 4 is 11.6 Å². The number of halogens is 3. The van der Waals surface area contributed by atoms with Gasteiger partial charge in [-0.1, -0.05) is 0 Å². The molecule has 1 saturated heterocycles. The average Bonchev–Trinajstić information content (AvgIpc) is 2.54. The number of carbonyl (C=O) groups is 1. The molecular weight excluding hydrogens is 365 g/mol. The number of amides is 1. The zero-order valence-corrected chi connectivity index (χ0v) is 15.6. The topological polar surface area (TPSA) is 60.0 Å². The standard InChI is InChI=1S/C18H25F3N2O4/c1-12-9-23(10-13(2)27-12)11-17(24)22-15-8-14(18(19,20)21)4-5-16(15)26-7-6-25-3/h4-5,8,12-13H,6-7,9-11H2,1-3H3,(H,22,24). The highest BCUT2D eigenvalue weighted by Crippen LogP contribution is 2.35. The molecule has 0 aromatic heterocycles. The van der Waals surface area contributed by atoms with Gasteiger partial charge in [0.2, 0.25) is 5.91 Å². The van der Waals surface area contributed by atoms with E-state index in [0.717, 1.165) is 12.1 Å². The van der Waals surface area contributed by atoms with Gasteiger partial charge in [-0.3, -0.25) is 9.69 Å². The molecule has 6 nitrogen and oxygen atoms in total. The summed E-state index contributed by atoms with van der Waals surface area (Å²) in [5.41, 5.74) is -0.870. The Balaban J connectivity index is 2.09. The molecule has 0 saturated carbocycles. The molecule has 0 aliphatic carbocycles. The van der Waals surface area contributed by atoms with Crippen molar-refractivity contribution < 1.29 is 32.2 Å². The van der Waals surface area contributed by atoms with E-state index in [1.54, 1.807) is 0 Å². The first kappa shape index (κ1) is 21.5. The lowest BCUT2D eigenvalue weighted by Gasteiger charge is -2.34. The summed E-state index contributed by atoms with van der Waals surface area (Å²) in [5, 5.41) is 2.54. The first-order valence-corrected chi connectivity index (χ1v) is 8.69. The minimum Gasteiger partial charge on any atom is -0.489 e. The van der Waals surface area contributed by atoms with E-state index in [1.807, 2.05) is 18.7 Å². The summed E-state index contributed by atoms with van der Waals surface area (Å²) in [6.07, 6.45) is -4.54. The van der Waals surface area contributed by atoms with Gasteiger partial charge >= 0.3 is 6.18 Å². The van der Waals surface area contributed by atoms with Crippen LogP contribution in [-0.4, -0.2) is 63.0 Å². The molecule has 1 fully saturated rings. The molecular formula is C18H25F3N2O4. The van der Waals surface area contributed by atoms with Crippen LogP contribution in [0.2, 0.25) is 0 Å². The van der Waals surface area contributed by atoms with E-state index >= 15 is 0 Å². The quantitative estimate of drug-likeness (QED) is 0.726. The fourth-order valence-corrected chi connectivity index (χ4v) is 2.97. The van der Waals surface area contributed by atoms with Gasteiger partial charge in [-0.05, 0) is 32.0 Å². The molecule has 152 valence electrons. The SMILES string of the molecule is COCCOc1ccc(C(F)(F)F)cc1NC(=O)CN1CC(C)OC(C)C1. The number of hydrogen-bond donors (Lipinski definition) is 1. The number of nitrogens with zero attached hydrogens (tertiary/aromatic N) is 1. The van der Waals surface area contributed by atoms with Crippen molar-refractivity contribution in [1.82, 2.24) is 4.90 Å². The molecule has 2 unspecified atom stereocenters. The summed E-state index contributed by atoms with van der Waals surface area (Å²) in [4.78, 5) is 14.3. The minimum atomic E-state index is -4.51. The summed E-state index contributed by atoms with van der Waals surface area (Å²) < 4.78 is 54.9. The number of methoxy groups -OCH3 is 1. The van der Waals surface area contributed by atoms with Crippen molar-refractivity contribution in [3.8, 4) is 5.75 Å². The van der Waals surface area contributed by atoms with Crippen LogP contribution in [0.4, 0.5) is 18.9 Å². The Morgan fingerprint density at radius 2 is 1.93 bits per heavy atom. The fourth-order valence-electron chi connectivity index (χ4n) is 2.97. The highest BCUT2D eigenvalue weighted by atomic mass is 19.4. The maximum Gasteiger partial charge on any atom is 0.416 e. The average molecular weight is 390 g/mol. The molecule has 2 atom stereocenters. The third-order valence-electron chi connectivity index (χ3n) is 3.99. The monoisotopic (exact) mass is 390 g/mol. The lowest BCUT2D eigenvalue weighted by molar-refractivity contribution is -0.137. The molecule has 0 radical (unpaired) electrons. The number of benzene rings is 1. The Morgan fingerprint density at radius 3 is 2.52 bits per heavy atom. The van der Waals surface area contributed by atoms with Crippen molar-refractivity contribution in [2.24, 2.45) is 0 Å². The predicted octanol–water partition coefficient (Wildman–Crippen LogP) is 2.78. The number of hydrogen-bond acceptors (Lipinski definition) is 5. The number of morpholine rings is 1. The molecule has 1 amide bonds. The molecule has 9 heteroatoms. The van der Waals surface area contributed by atoms with Crippen molar-refractivity contribution in [3.05, 3.63) is 23.8 Å². The molecule has 1 aliphatic rings. The van der Waals surface area contributed by atoms with Crippen molar-refractivity contribution in [2.45, 2.75) is 32.2 Å². The number of rotatable bonds is 7. The van der Waals surface area contributed by atoms with Gasteiger partial charge in [0.1, 0.15) is 12.4 Å². The van der Waals surface area contributed by atoms with Crippen molar-refractivity contribution in [3.63, 3.8) is 0 Å². The van der Waals surface area contributed by atoms with Gasteiger partial charge in [-0.15, -0.1) is 0 Å². The van der Waals surface area contributed by atoms with Crippen molar-refractivity contribution in [2.75, 3.05) is 45.3 Å². The number of ether oxygens (including phenoxy) is 3. The van der Waals surface area contributed by atoms with Crippen molar-refractivity contribution in [1.29, 1.82) is 0 Å². The van der Waals surface area contributed by atoms with Crippen LogP contribution in [-0.2, 0) is 20.4 Å². The first-order valence-electron chi connectivity index (χ1n) is 8.69. The van der Waals surface area contributed by atoms with Crippen LogP contribution in [0, 0.1) is 0 Å². The summed E-state index contributed by atoms with van der Waals surface area (Å²) in [5.74, 6) is -0.246. The molecule has 1 aromatic carbocycles. The van der Waals surface area contributed by atoms with Crippen LogP contribution in [0.25, 0.3) is 0 Å². The molecule has 0 bridgehead atoms. The van der Waals surface area contributed by atoms with Crippen LogP contribution < -0.4 is 10.1 Å². The normalized spacial score (nSPS) is 21.1. The van der Waals surface area contributed by atoms with Gasteiger partial charge in [0.15, 0.2) is 0 Å². The van der Waals surface area contributed by atoms with Crippen LogP contribution >= 0.6 is 0 Å². The summed E-state index contributed by atoms with van der Waals surface area (Å²) in [7, 11) is 1.49. The largest absolute Gasteiger partial charge is 0.489 e. The number of anilines is 1. The number of alkyl halides is 3. The molecule has 1 aromatic rings. The third kappa shape index (κ3) is 6.67. The lowest BCUT2D eigenvalue weighted by atomic mass is 10.1. The molecule has 27 heavy (non-hydrogen) atoms. The maximum atomic E-state index is 13.0. The van der Waals surface area contributed by atoms with E-state index in [0.29, 0.717) is 13.1 Å². The Hall–Kier alpha value is -1.84. The predicted molar refractivity (Wildman–Crippen MR) is 93.9 cm³/mol. The minimum absolute atomic E-state index is 0.0111. The first-order chi connectivity index (χ1) is 12.7. The summed E-state index contributed by atoms with van der Waals surface area (Å²) in [6.45, 7) is 5.48. The summed E-state index contributed by atoms with van der Waals surface area (Å²) in [6, 6.07) is 3.00. The molecule has 1 aliphatic heterocycles. The Labute approximate surface area is 156 Å². The van der Waals surface area contributed by atoms with Crippen LogP contribution in [0.15, 0.2) is 18.2 Å². The molecule has 1 N–H and O–H groups in total. The maximum absolute atomic E-state index is 13.0. The van der Waals surface area contributed by atoms with Crippen LogP contribution in [0.5, 0.6) is 5.75 Å². The molecule has 0 spiro atoms. The van der Waals surface area contributed by atoms with E-state index in [1.165, 1.54) is 13.2 Å². The fraction of sp³-hybridized carbons (Fsp3) is 0.611. The van der Waals surface area contributed by atoms with E-state index < -0.39 is 17.6 Å². The van der Waals surface area contributed by atoms with Gasteiger partial charge in [0.25, 0.3) is 0 Å². The second-order valence-electron chi connectivity index (χ2n) is 6.55. The van der Waals surface area contributed by atoms with E-state index in [2.05, 4.69) is 5.32 Å². The van der Waals surface area contributed by atoms with E-state index in [9.17, 15) is 18.0 Å². The van der Waals surface area contributed by atoms with Gasteiger partial charge in [0.05, 0.1) is 36.6 Å². The van der Waals surface area contributed by atoms with Crippen LogP contribution in [0.1, 0.15) is 19.4 Å². The van der Waals surface area contributed by atoms with E-state index in [4.69, 9.17) is 14.2 Å². The Bertz CT molecular complexity index is 630. The molecule has 2 rings (SSSR count). The van der Waals surface area contributed by atoms with Gasteiger partial charge in [-0.25, -0.2) is 0 Å². The number of nitrogens with one attached hydrogen (secondary N) is 1. The smallest absolute Gasteiger partial charge is 0.416 e. The van der Waals surface area contributed by atoms with Gasteiger partial charge in [-0.2, -0.15) is 13.2 Å². The number of carbonyl (C=O) groups excluding carboxylic acids is 1. The zero-order chi connectivity index (χ0) is 20.0.